The van der Waals surface area contributed by atoms with Gasteiger partial charge in [-0.3, -0.25) is 5.32 Å². The number of nitrogens with zero attached hydrogens (tertiary/aromatic N) is 2. The Morgan fingerprint density at radius 3 is 2.67 bits per heavy atom. The van der Waals surface area contributed by atoms with Crippen LogP contribution in [0.1, 0.15) is 19.2 Å². The first-order chi connectivity index (χ1) is 10.2. The lowest BCUT2D eigenvalue weighted by Crippen LogP contribution is -2.11. The number of hydrogen-bond donors (Lipinski definition) is 2. The number of anilines is 2. The molecule has 1 amide bonds. The van der Waals surface area contributed by atoms with Crippen molar-refractivity contribution in [3.63, 3.8) is 0 Å². The number of imidazole rings is 1. The smallest absolute Gasteiger partial charge is 0.411 e. The number of methoxy groups -OCH3 is 1. The molecule has 0 aliphatic carbocycles. The number of hydrogen-bond acceptors (Lipinski definition) is 4. The van der Waals surface area contributed by atoms with Crippen molar-refractivity contribution in [3.8, 4) is 0 Å². The molecule has 0 radical (unpaired) electrons. The molecule has 0 aliphatic rings. The van der Waals surface area contributed by atoms with Gasteiger partial charge in [0.1, 0.15) is 5.82 Å². The fourth-order valence-electron chi connectivity index (χ4n) is 1.97. The molecule has 0 saturated carbocycles. The van der Waals surface area contributed by atoms with E-state index in [1.54, 1.807) is 0 Å². The summed E-state index contributed by atoms with van der Waals surface area (Å²) in [6.07, 6.45) is 4.41. The molecule has 0 spiro atoms. The molecule has 0 unspecified atom stereocenters. The summed E-state index contributed by atoms with van der Waals surface area (Å²) >= 11 is 0. The van der Waals surface area contributed by atoms with Crippen molar-refractivity contribution < 1.29 is 9.53 Å². The van der Waals surface area contributed by atoms with E-state index in [1.807, 2.05) is 36.7 Å². The number of carbonyl (C=O) groups is 1. The Morgan fingerprint density at radius 1 is 1.29 bits per heavy atom. The van der Waals surface area contributed by atoms with Crippen molar-refractivity contribution >= 4 is 17.5 Å². The monoisotopic (exact) mass is 288 g/mol. The molecule has 6 heteroatoms. The highest BCUT2D eigenvalue weighted by Gasteiger charge is 2.03. The van der Waals surface area contributed by atoms with E-state index in [2.05, 4.69) is 31.8 Å². The zero-order valence-corrected chi connectivity index (χ0v) is 12.3. The van der Waals surface area contributed by atoms with Crippen molar-refractivity contribution in [1.82, 2.24) is 9.55 Å². The molecule has 112 valence electrons. The quantitative estimate of drug-likeness (QED) is 0.857. The number of nitrogens with one attached hydrogen (secondary N) is 2. The molecule has 2 rings (SSSR count). The minimum absolute atomic E-state index is 0.475. The van der Waals surface area contributed by atoms with Crippen LogP contribution in [0.25, 0.3) is 0 Å². The zero-order valence-electron chi connectivity index (χ0n) is 12.3. The van der Waals surface area contributed by atoms with Crippen molar-refractivity contribution in [3.05, 3.63) is 42.5 Å². The van der Waals surface area contributed by atoms with Gasteiger partial charge in [-0.25, -0.2) is 9.78 Å². The summed E-state index contributed by atoms with van der Waals surface area (Å²) in [5.74, 6) is 1.01. The topological polar surface area (TPSA) is 68.2 Å². The van der Waals surface area contributed by atoms with Gasteiger partial charge < -0.3 is 14.6 Å². The Morgan fingerprint density at radius 2 is 2.00 bits per heavy atom. The fraction of sp³-hybridized carbons (Fsp3) is 0.333. The Bertz CT molecular complexity index is 578. The van der Waals surface area contributed by atoms with Crippen molar-refractivity contribution in [1.29, 1.82) is 0 Å². The standard InChI is InChI=1S/C15H20N4O2/c1-3-9-19-10-8-16-14(19)11-17-12-4-6-13(7-5-12)18-15(20)21-2/h4-8,10,17H,3,9,11H2,1-2H3,(H,18,20). The summed E-state index contributed by atoms with van der Waals surface area (Å²) in [4.78, 5) is 15.4. The fourth-order valence-corrected chi connectivity index (χ4v) is 1.97. The molecule has 0 bridgehead atoms. The maximum absolute atomic E-state index is 11.1. The predicted octanol–water partition coefficient (Wildman–Crippen LogP) is 3.08. The highest BCUT2D eigenvalue weighted by atomic mass is 16.5. The van der Waals surface area contributed by atoms with Gasteiger partial charge in [0.2, 0.25) is 0 Å². The second-order valence-corrected chi connectivity index (χ2v) is 4.58. The first-order valence-corrected chi connectivity index (χ1v) is 6.92. The maximum Gasteiger partial charge on any atom is 0.411 e. The highest BCUT2D eigenvalue weighted by molar-refractivity contribution is 5.84. The van der Waals surface area contributed by atoms with Crippen LogP contribution in [0, 0.1) is 0 Å². The molecule has 1 aromatic heterocycles. The Kier molecular flexibility index (Phi) is 5.20. The normalized spacial score (nSPS) is 10.2. The van der Waals surface area contributed by atoms with Crippen molar-refractivity contribution in [2.24, 2.45) is 0 Å². The second-order valence-electron chi connectivity index (χ2n) is 4.58. The van der Waals surface area contributed by atoms with Gasteiger partial charge in [0.25, 0.3) is 0 Å². The lowest BCUT2D eigenvalue weighted by Gasteiger charge is -2.09. The van der Waals surface area contributed by atoms with Gasteiger partial charge in [0, 0.05) is 30.3 Å². The van der Waals surface area contributed by atoms with Crippen LogP contribution in [-0.4, -0.2) is 22.8 Å². The van der Waals surface area contributed by atoms with Gasteiger partial charge in [-0.1, -0.05) is 6.92 Å². The van der Waals surface area contributed by atoms with Gasteiger partial charge in [0.15, 0.2) is 0 Å². The molecule has 0 saturated heterocycles. The average molecular weight is 288 g/mol. The minimum Gasteiger partial charge on any atom is -0.453 e. The predicted molar refractivity (Wildman–Crippen MR) is 82.3 cm³/mol. The van der Waals surface area contributed by atoms with Gasteiger partial charge >= 0.3 is 6.09 Å². The van der Waals surface area contributed by atoms with E-state index in [9.17, 15) is 4.79 Å². The van der Waals surface area contributed by atoms with Crippen molar-refractivity contribution in [2.45, 2.75) is 26.4 Å². The van der Waals surface area contributed by atoms with Crippen LogP contribution in [0.5, 0.6) is 0 Å². The summed E-state index contributed by atoms with van der Waals surface area (Å²) in [7, 11) is 1.34. The molecule has 6 nitrogen and oxygen atoms in total. The van der Waals surface area contributed by atoms with Crippen LogP contribution in [0.2, 0.25) is 0 Å². The molecule has 2 aromatic rings. The van der Waals surface area contributed by atoms with Gasteiger partial charge in [-0.05, 0) is 30.7 Å². The largest absolute Gasteiger partial charge is 0.453 e. The molecule has 0 atom stereocenters. The second kappa shape index (κ2) is 7.33. The Labute approximate surface area is 124 Å². The van der Waals surface area contributed by atoms with Gasteiger partial charge in [0.05, 0.1) is 13.7 Å². The van der Waals surface area contributed by atoms with Gasteiger partial charge in [-0.15, -0.1) is 0 Å². The summed E-state index contributed by atoms with van der Waals surface area (Å²) in [5, 5.41) is 5.92. The van der Waals surface area contributed by atoms with Crippen molar-refractivity contribution in [2.75, 3.05) is 17.7 Å². The van der Waals surface area contributed by atoms with Crippen LogP contribution in [0.3, 0.4) is 0 Å². The van der Waals surface area contributed by atoms with Crippen LogP contribution in [0.4, 0.5) is 16.2 Å². The maximum atomic E-state index is 11.1. The van der Waals surface area contributed by atoms with Crippen LogP contribution in [-0.2, 0) is 17.8 Å². The Hall–Kier alpha value is -2.50. The molecule has 21 heavy (non-hydrogen) atoms. The molecular formula is C15H20N4O2. The first kappa shape index (κ1) is 14.9. The number of carbonyl (C=O) groups excluding carboxylic acids is 1. The van der Waals surface area contributed by atoms with E-state index in [-0.39, 0.29) is 0 Å². The zero-order chi connectivity index (χ0) is 15.1. The van der Waals surface area contributed by atoms with Crippen LogP contribution < -0.4 is 10.6 Å². The number of ether oxygens (including phenoxy) is 1. The average Bonchev–Trinajstić information content (AvgIpc) is 2.94. The summed E-state index contributed by atoms with van der Waals surface area (Å²) in [6, 6.07) is 7.44. The SMILES string of the molecule is CCCn1ccnc1CNc1ccc(NC(=O)OC)cc1. The number of rotatable bonds is 6. The Balaban J connectivity index is 1.91. The molecule has 1 aromatic carbocycles. The molecular weight excluding hydrogens is 268 g/mol. The first-order valence-electron chi connectivity index (χ1n) is 6.92. The lowest BCUT2D eigenvalue weighted by atomic mass is 10.3. The molecule has 2 N–H and O–H groups in total. The lowest BCUT2D eigenvalue weighted by molar-refractivity contribution is 0.187. The van der Waals surface area contributed by atoms with Crippen LogP contribution in [0.15, 0.2) is 36.7 Å². The van der Waals surface area contributed by atoms with E-state index in [0.29, 0.717) is 12.2 Å². The number of amides is 1. The van der Waals surface area contributed by atoms with Crippen LogP contribution >= 0.6 is 0 Å². The van der Waals surface area contributed by atoms with Gasteiger partial charge in [-0.2, -0.15) is 0 Å². The number of benzene rings is 1. The van der Waals surface area contributed by atoms with E-state index < -0.39 is 6.09 Å². The summed E-state index contributed by atoms with van der Waals surface area (Å²) in [6.45, 7) is 3.78. The number of aryl methyl sites for hydroxylation is 1. The molecule has 1 heterocycles. The van der Waals surface area contributed by atoms with E-state index in [0.717, 1.165) is 24.5 Å². The summed E-state index contributed by atoms with van der Waals surface area (Å²) in [5.41, 5.74) is 1.66. The molecule has 0 fully saturated rings. The summed E-state index contributed by atoms with van der Waals surface area (Å²) < 4.78 is 6.68. The van der Waals surface area contributed by atoms with E-state index in [4.69, 9.17) is 0 Å². The highest BCUT2D eigenvalue weighted by Crippen LogP contribution is 2.14. The third kappa shape index (κ3) is 4.24. The molecule has 0 aliphatic heterocycles. The number of aromatic nitrogens is 2. The van der Waals surface area contributed by atoms with E-state index >= 15 is 0 Å². The van der Waals surface area contributed by atoms with E-state index in [1.165, 1.54) is 7.11 Å². The third-order valence-electron chi connectivity index (χ3n) is 3.03. The third-order valence-corrected chi connectivity index (χ3v) is 3.03. The minimum atomic E-state index is -0.475.